The van der Waals surface area contributed by atoms with Gasteiger partial charge in [0.1, 0.15) is 11.9 Å². The van der Waals surface area contributed by atoms with Gasteiger partial charge in [-0.05, 0) is 63.0 Å². The number of fused-ring (bicyclic) bond motifs is 1. The molecule has 0 radical (unpaired) electrons. The lowest BCUT2D eigenvalue weighted by Crippen LogP contribution is -2.54. The summed E-state index contributed by atoms with van der Waals surface area (Å²) in [7, 11) is 0. The van der Waals surface area contributed by atoms with Crippen molar-refractivity contribution in [1.82, 2.24) is 31.3 Å². The van der Waals surface area contributed by atoms with E-state index < -0.39 is 35.5 Å². The first kappa shape index (κ1) is 44.2. The van der Waals surface area contributed by atoms with Crippen LogP contribution in [0.25, 0.3) is 0 Å². The molecule has 1 aromatic heterocycles. The molecule has 58 heavy (non-hydrogen) atoms. The summed E-state index contributed by atoms with van der Waals surface area (Å²) < 4.78 is 46.2. The molecule has 22 heteroatoms. The standard InChI is InChI=1S/C36H45BrFN9O11/c37-25-22-23(4-5-26(25)38)42-33(44-52)31-32(46-58-45-31)41-9-8-39-10-12-53-14-16-55-18-20-57-21-19-56-17-15-54-13-11-40-27-3-1-2-24-30(27)36(51)47(35(24)50)28-6-7-29(48)43-34(28)49/h1-5,22,28,39-40,52H,6-21H2,(H,41,46)(H,42,44)(H,43,48,49). The fraction of sp³-hybridized carbons (Fsp3) is 0.472. The molecule has 20 nitrogen and oxygen atoms in total. The van der Waals surface area contributed by atoms with Crippen LogP contribution in [0.3, 0.4) is 0 Å². The summed E-state index contributed by atoms with van der Waals surface area (Å²) in [6.45, 7) is 6.03. The first-order valence-electron chi connectivity index (χ1n) is 18.5. The van der Waals surface area contributed by atoms with Crippen LogP contribution < -0.4 is 26.7 Å². The molecule has 1 fully saturated rings. The van der Waals surface area contributed by atoms with Crippen molar-refractivity contribution in [3.05, 3.63) is 63.5 Å². The molecule has 2 aromatic carbocycles. The fourth-order valence-corrected chi connectivity index (χ4v) is 6.08. The summed E-state index contributed by atoms with van der Waals surface area (Å²) >= 11 is 3.10. The summed E-state index contributed by atoms with van der Waals surface area (Å²) in [6, 6.07) is 7.99. The van der Waals surface area contributed by atoms with Crippen molar-refractivity contribution in [2.45, 2.75) is 18.9 Å². The third-order valence-corrected chi connectivity index (χ3v) is 9.11. The summed E-state index contributed by atoms with van der Waals surface area (Å²) in [4.78, 5) is 55.1. The van der Waals surface area contributed by atoms with E-state index in [4.69, 9.17) is 28.3 Å². The maximum Gasteiger partial charge on any atom is 0.264 e. The van der Waals surface area contributed by atoms with E-state index in [1.165, 1.54) is 18.2 Å². The minimum absolute atomic E-state index is 0.0338. The van der Waals surface area contributed by atoms with Gasteiger partial charge in [0.25, 0.3) is 11.8 Å². The molecule has 1 unspecified atom stereocenters. The Hall–Kier alpha value is -4.94. The van der Waals surface area contributed by atoms with Crippen molar-refractivity contribution in [3.8, 4) is 0 Å². The molecule has 0 spiro atoms. The number of halogens is 2. The van der Waals surface area contributed by atoms with Gasteiger partial charge < -0.3 is 39.6 Å². The van der Waals surface area contributed by atoms with E-state index in [9.17, 15) is 28.8 Å². The number of ether oxygens (including phenoxy) is 5. The largest absolute Gasteiger partial charge is 0.382 e. The average Bonchev–Trinajstić information content (AvgIpc) is 3.78. The van der Waals surface area contributed by atoms with Crippen molar-refractivity contribution in [3.63, 3.8) is 0 Å². The number of aromatic nitrogens is 2. The Morgan fingerprint density at radius 2 is 1.53 bits per heavy atom. The summed E-state index contributed by atoms with van der Waals surface area (Å²) in [5.41, 5.74) is 3.35. The van der Waals surface area contributed by atoms with Crippen molar-refractivity contribution < 1.29 is 57.1 Å². The Kier molecular flexibility index (Phi) is 17.9. The number of amidine groups is 1. The van der Waals surface area contributed by atoms with Crippen LogP contribution in [0.1, 0.15) is 39.3 Å². The van der Waals surface area contributed by atoms with Crippen molar-refractivity contribution >= 4 is 62.6 Å². The van der Waals surface area contributed by atoms with E-state index in [2.05, 4.69) is 52.5 Å². The molecule has 314 valence electrons. The Morgan fingerprint density at radius 3 is 2.19 bits per heavy atom. The molecule has 1 saturated heterocycles. The number of amides is 4. The van der Waals surface area contributed by atoms with Gasteiger partial charge in [-0.3, -0.25) is 40.1 Å². The van der Waals surface area contributed by atoms with E-state index in [-0.39, 0.29) is 45.8 Å². The highest BCUT2D eigenvalue weighted by atomic mass is 79.9. The topological polar surface area (TPSA) is 249 Å². The molecular formula is C36H45BrFN9O11. The van der Waals surface area contributed by atoms with Gasteiger partial charge in [-0.15, -0.1) is 0 Å². The predicted molar refractivity (Wildman–Crippen MR) is 207 cm³/mol. The fourth-order valence-electron chi connectivity index (χ4n) is 5.71. The zero-order chi connectivity index (χ0) is 41.1. The molecule has 3 heterocycles. The minimum atomic E-state index is -1.02. The number of anilines is 2. The quantitative estimate of drug-likeness (QED) is 0.0221. The number of hydrogen-bond donors (Lipinski definition) is 6. The molecular weight excluding hydrogens is 833 g/mol. The zero-order valence-electron chi connectivity index (χ0n) is 31.4. The molecule has 2 aliphatic rings. The number of carbonyl (C=O) groups excluding carboxylic acids is 4. The number of hydrogen-bond acceptors (Lipinski definition) is 17. The lowest BCUT2D eigenvalue weighted by atomic mass is 10.0. The van der Waals surface area contributed by atoms with Crippen LogP contribution in [0, 0.1) is 5.82 Å². The summed E-state index contributed by atoms with van der Waals surface area (Å²) in [6.07, 6.45) is 0.150. The van der Waals surface area contributed by atoms with Crippen molar-refractivity contribution in [2.24, 2.45) is 4.99 Å². The Morgan fingerprint density at radius 1 is 0.862 bits per heavy atom. The lowest BCUT2D eigenvalue weighted by Gasteiger charge is -2.27. The Balaban J connectivity index is 0.801. The highest BCUT2D eigenvalue weighted by Gasteiger charge is 2.45. The van der Waals surface area contributed by atoms with Crippen LogP contribution in [0.2, 0.25) is 0 Å². The van der Waals surface area contributed by atoms with E-state index in [1.807, 2.05) is 5.48 Å². The number of piperidine rings is 1. The van der Waals surface area contributed by atoms with Gasteiger partial charge in [0.2, 0.25) is 17.6 Å². The van der Waals surface area contributed by atoms with Gasteiger partial charge in [0, 0.05) is 38.3 Å². The van der Waals surface area contributed by atoms with E-state index in [0.717, 1.165) is 4.90 Å². The second-order valence-electron chi connectivity index (χ2n) is 12.5. The van der Waals surface area contributed by atoms with Crippen LogP contribution in [0.4, 0.5) is 21.6 Å². The number of nitrogens with one attached hydrogen (secondary N) is 5. The Bertz CT molecular complexity index is 1890. The number of rotatable bonds is 26. The second kappa shape index (κ2) is 23.5. The van der Waals surface area contributed by atoms with Crippen molar-refractivity contribution in [1.29, 1.82) is 0 Å². The molecule has 3 aromatic rings. The van der Waals surface area contributed by atoms with Gasteiger partial charge in [-0.25, -0.2) is 14.0 Å². The monoisotopic (exact) mass is 877 g/mol. The smallest absolute Gasteiger partial charge is 0.264 e. The zero-order valence-corrected chi connectivity index (χ0v) is 33.0. The highest BCUT2D eigenvalue weighted by Crippen LogP contribution is 2.32. The van der Waals surface area contributed by atoms with Gasteiger partial charge in [0.15, 0.2) is 11.5 Å². The number of carbonyl (C=O) groups is 4. The number of hydroxylamine groups is 1. The van der Waals surface area contributed by atoms with Gasteiger partial charge in [-0.1, -0.05) is 6.07 Å². The van der Waals surface area contributed by atoms with Crippen molar-refractivity contribution in [2.75, 3.05) is 103 Å². The lowest BCUT2D eigenvalue weighted by molar-refractivity contribution is -0.136. The first-order valence-corrected chi connectivity index (χ1v) is 19.3. The van der Waals surface area contributed by atoms with E-state index >= 15 is 0 Å². The summed E-state index contributed by atoms with van der Waals surface area (Å²) in [5.74, 6) is -2.42. The van der Waals surface area contributed by atoms with Crippen LogP contribution in [0.5, 0.6) is 0 Å². The maximum atomic E-state index is 13.5. The van der Waals surface area contributed by atoms with E-state index in [0.29, 0.717) is 104 Å². The summed E-state index contributed by atoms with van der Waals surface area (Å²) in [5, 5.41) is 28.7. The number of nitrogens with zero attached hydrogens (tertiary/aromatic N) is 4. The van der Waals surface area contributed by atoms with Crippen LogP contribution in [0.15, 0.2) is 50.5 Å². The molecule has 4 amide bonds. The molecule has 6 N–H and O–H groups in total. The molecule has 0 bridgehead atoms. The maximum absolute atomic E-state index is 13.5. The third kappa shape index (κ3) is 12.8. The van der Waals surface area contributed by atoms with Crippen LogP contribution in [-0.2, 0) is 33.3 Å². The molecule has 1 atom stereocenters. The second-order valence-corrected chi connectivity index (χ2v) is 13.3. The third-order valence-electron chi connectivity index (χ3n) is 8.50. The van der Waals surface area contributed by atoms with E-state index in [1.54, 1.807) is 18.2 Å². The van der Waals surface area contributed by atoms with Crippen LogP contribution >= 0.6 is 15.9 Å². The van der Waals surface area contributed by atoms with Crippen LogP contribution in [-0.4, -0.2) is 148 Å². The molecule has 0 aliphatic carbocycles. The average molecular weight is 879 g/mol. The SMILES string of the molecule is O=C1CCC(N2C(=O)c3cccc(NCCOCCOCCOCCOCCOCCNCCNc4nonc4C(=Nc4ccc(F)c(Br)c4)NO)c3C2=O)C(=O)N1. The van der Waals surface area contributed by atoms with Gasteiger partial charge >= 0.3 is 0 Å². The predicted octanol–water partition coefficient (Wildman–Crippen LogP) is 1.63. The normalized spacial score (nSPS) is 15.5. The minimum Gasteiger partial charge on any atom is -0.382 e. The first-order chi connectivity index (χ1) is 28.3. The highest BCUT2D eigenvalue weighted by molar-refractivity contribution is 9.10. The van der Waals surface area contributed by atoms with Gasteiger partial charge in [0.05, 0.1) is 87.4 Å². The number of aliphatic imine (C=N–C) groups is 1. The van der Waals surface area contributed by atoms with Gasteiger partial charge in [-0.2, -0.15) is 0 Å². The molecule has 2 aliphatic heterocycles. The Labute approximate surface area is 340 Å². The molecule has 0 saturated carbocycles. The number of imide groups is 2. The molecule has 5 rings (SSSR count). The number of benzene rings is 2.